The molecule has 0 aliphatic heterocycles. The molecular formula is C30H40FN6O3S-. The molecule has 3 N–H and O–H groups in total. The Labute approximate surface area is 243 Å². The lowest BCUT2D eigenvalue weighted by Crippen LogP contribution is -2.32. The first-order valence-corrected chi connectivity index (χ1v) is 14.9. The molecule has 1 fully saturated rings. The summed E-state index contributed by atoms with van der Waals surface area (Å²) in [6.45, 7) is 9.43. The van der Waals surface area contributed by atoms with Crippen LogP contribution in [0.3, 0.4) is 0 Å². The number of nitrogens with two attached hydrogens (primary N) is 1. The van der Waals surface area contributed by atoms with Crippen molar-refractivity contribution in [3.8, 4) is 11.3 Å². The van der Waals surface area contributed by atoms with Crippen molar-refractivity contribution in [1.29, 1.82) is 0 Å². The third-order valence-electron chi connectivity index (χ3n) is 5.98. The van der Waals surface area contributed by atoms with Crippen LogP contribution in [-0.2, 0) is 19.6 Å². The molecule has 0 atom stereocenters. The lowest BCUT2D eigenvalue weighted by atomic mass is 10.0. The number of amides is 1. The Hall–Kier alpha value is -3.83. The maximum atomic E-state index is 14.8. The zero-order valence-electron chi connectivity index (χ0n) is 25.0. The summed E-state index contributed by atoms with van der Waals surface area (Å²) < 4.78 is 32.1. The minimum atomic E-state index is -1.42. The number of carbonyl (C=O) groups is 1. The zero-order valence-corrected chi connectivity index (χ0v) is 25.8. The van der Waals surface area contributed by atoms with Crippen LogP contribution in [0.5, 0.6) is 0 Å². The molecule has 0 spiro atoms. The molecule has 41 heavy (non-hydrogen) atoms. The quantitative estimate of drug-likeness (QED) is 0.242. The molecule has 11 heteroatoms. The van der Waals surface area contributed by atoms with Crippen LogP contribution < -0.4 is 21.5 Å². The highest BCUT2D eigenvalue weighted by Gasteiger charge is 2.32. The van der Waals surface area contributed by atoms with Crippen LogP contribution >= 0.6 is 0 Å². The molecular weight excluding hydrogens is 543 g/mol. The maximum absolute atomic E-state index is 14.8. The summed E-state index contributed by atoms with van der Waals surface area (Å²) in [4.78, 5) is 27.3. The second kappa shape index (κ2) is 15.2. The minimum Gasteiger partial charge on any atom is -0.444 e. The van der Waals surface area contributed by atoms with Gasteiger partial charge in [-0.2, -0.15) is 15.7 Å². The van der Waals surface area contributed by atoms with E-state index in [0.717, 1.165) is 24.0 Å². The summed E-state index contributed by atoms with van der Waals surface area (Å²) in [5, 5.41) is 7.81. The number of aryl methyl sites for hydroxylation is 1. The van der Waals surface area contributed by atoms with Gasteiger partial charge in [-0.25, -0.2) is 9.07 Å². The van der Waals surface area contributed by atoms with Gasteiger partial charge in [-0.05, 0) is 70.5 Å². The Morgan fingerprint density at radius 1 is 1.20 bits per heavy atom. The van der Waals surface area contributed by atoms with E-state index in [0.29, 0.717) is 29.1 Å². The molecule has 1 amide bonds. The van der Waals surface area contributed by atoms with Gasteiger partial charge in [-0.3, -0.25) is 9.59 Å². The number of nitrogens with zero attached hydrogens (tertiary/aromatic N) is 4. The third-order valence-corrected chi connectivity index (χ3v) is 6.45. The van der Waals surface area contributed by atoms with E-state index < -0.39 is 16.4 Å². The number of aromatic nitrogens is 2. The fraction of sp³-hybridized carbons (Fsp3) is 0.367. The Kier molecular flexibility index (Phi) is 12.4. The molecule has 9 nitrogen and oxygen atoms in total. The van der Waals surface area contributed by atoms with Gasteiger partial charge in [0.15, 0.2) is 0 Å². The molecule has 2 aromatic carbocycles. The van der Waals surface area contributed by atoms with Crippen molar-refractivity contribution >= 4 is 39.8 Å². The molecule has 3 aromatic rings. The van der Waals surface area contributed by atoms with E-state index in [1.54, 1.807) is 50.4 Å². The molecule has 1 heterocycles. The average Bonchev–Trinajstić information content (AvgIpc) is 3.79. The van der Waals surface area contributed by atoms with Crippen molar-refractivity contribution in [2.45, 2.75) is 53.5 Å². The summed E-state index contributed by atoms with van der Waals surface area (Å²) in [6, 6.07) is 11.7. The summed E-state index contributed by atoms with van der Waals surface area (Å²) in [5.41, 5.74) is 8.19. The van der Waals surface area contributed by atoms with E-state index in [4.69, 9.17) is 5.10 Å². The van der Waals surface area contributed by atoms with E-state index >= 15 is 0 Å². The van der Waals surface area contributed by atoms with Gasteiger partial charge in [0, 0.05) is 18.3 Å². The second-order valence-electron chi connectivity index (χ2n) is 9.32. The van der Waals surface area contributed by atoms with Crippen molar-refractivity contribution in [3.05, 3.63) is 75.3 Å². The highest BCUT2D eigenvalue weighted by atomic mass is 32.2. The number of anilines is 2. The topological polar surface area (TPSA) is 123 Å². The first-order valence-electron chi connectivity index (χ1n) is 13.4. The third kappa shape index (κ3) is 8.11. The second-order valence-corrected chi connectivity index (χ2v) is 10.3. The van der Waals surface area contributed by atoms with Crippen LogP contribution in [0.1, 0.15) is 57.7 Å². The molecule has 1 aromatic heterocycles. The molecule has 0 radical (unpaired) electrons. The first kappa shape index (κ1) is 33.4. The number of hydrogen-bond acceptors (Lipinski definition) is 8. The van der Waals surface area contributed by atoms with E-state index in [-0.39, 0.29) is 28.5 Å². The Morgan fingerprint density at radius 2 is 1.85 bits per heavy atom. The highest BCUT2D eigenvalue weighted by Crippen LogP contribution is 2.39. The number of rotatable bonds is 8. The van der Waals surface area contributed by atoms with Gasteiger partial charge in [0.1, 0.15) is 11.5 Å². The van der Waals surface area contributed by atoms with E-state index in [1.807, 2.05) is 27.7 Å². The van der Waals surface area contributed by atoms with Gasteiger partial charge in [0.05, 0.1) is 28.7 Å². The minimum absolute atomic E-state index is 0.0638. The summed E-state index contributed by atoms with van der Waals surface area (Å²) in [7, 11) is 1.63. The number of allylic oxidation sites excluding steroid dienone is 1. The molecule has 1 aliphatic rings. The zero-order chi connectivity index (χ0) is 30.9. The van der Waals surface area contributed by atoms with Crippen LogP contribution in [0.2, 0.25) is 0 Å². The molecule has 0 unspecified atom stereocenters. The Balaban J connectivity index is 0.00000141. The van der Waals surface area contributed by atoms with Crippen molar-refractivity contribution < 1.29 is 13.4 Å². The van der Waals surface area contributed by atoms with E-state index in [1.165, 1.54) is 29.0 Å². The molecule has 0 saturated heterocycles. The maximum Gasteiger partial charge on any atom is 0.278 e. The van der Waals surface area contributed by atoms with Gasteiger partial charge in [0.2, 0.25) is 6.41 Å². The fourth-order valence-corrected chi connectivity index (χ4v) is 4.48. The molecule has 1 saturated carbocycles. The van der Waals surface area contributed by atoms with Crippen molar-refractivity contribution in [2.75, 3.05) is 30.6 Å². The first-order chi connectivity index (χ1) is 19.6. The lowest BCUT2D eigenvalue weighted by molar-refractivity contribution is -0.107. The highest BCUT2D eigenvalue weighted by molar-refractivity contribution is 7.74. The number of halogens is 1. The molecule has 1 aliphatic carbocycles. The van der Waals surface area contributed by atoms with Crippen LogP contribution in [0.25, 0.3) is 17.0 Å². The summed E-state index contributed by atoms with van der Waals surface area (Å²) in [5.74, 6) is -0.456. The number of hydrogen-bond donors (Lipinski definition) is 2. The number of benzene rings is 2. The Bertz CT molecular complexity index is 1550. The predicted octanol–water partition coefficient (Wildman–Crippen LogP) is 6.16. The average molecular weight is 584 g/mol. The SMILES string of the molecule is CC.CC(C)=C(Nc1ccc(C)cc1F)c1c(N(C)C=O)c(-c2cccc(N=[S-](C)=O)c2)nn(C2CC2)c1=O.CN. The van der Waals surface area contributed by atoms with Crippen LogP contribution in [-0.4, -0.2) is 36.5 Å². The van der Waals surface area contributed by atoms with Crippen LogP contribution in [0.15, 0.2) is 57.2 Å². The van der Waals surface area contributed by atoms with Gasteiger partial charge in [0.25, 0.3) is 5.56 Å². The molecule has 0 bridgehead atoms. The van der Waals surface area contributed by atoms with Gasteiger partial charge >= 0.3 is 0 Å². The largest absolute Gasteiger partial charge is 0.444 e. The van der Waals surface area contributed by atoms with Gasteiger partial charge in [-0.1, -0.05) is 37.6 Å². The fourth-order valence-electron chi connectivity index (χ4n) is 4.07. The molecule has 4 rings (SSSR count). The number of carbonyl (C=O) groups excluding carboxylic acids is 1. The molecule has 222 valence electrons. The smallest absolute Gasteiger partial charge is 0.278 e. The van der Waals surface area contributed by atoms with Crippen molar-refractivity contribution in [2.24, 2.45) is 10.1 Å². The van der Waals surface area contributed by atoms with E-state index in [2.05, 4.69) is 15.4 Å². The van der Waals surface area contributed by atoms with Crippen LogP contribution in [0, 0.1) is 12.7 Å². The van der Waals surface area contributed by atoms with Crippen LogP contribution in [0.4, 0.5) is 21.5 Å². The van der Waals surface area contributed by atoms with Crippen molar-refractivity contribution in [1.82, 2.24) is 9.78 Å². The predicted molar refractivity (Wildman–Crippen MR) is 167 cm³/mol. The summed E-state index contributed by atoms with van der Waals surface area (Å²) >= 11 is 0. The van der Waals surface area contributed by atoms with Gasteiger partial charge in [-0.15, -0.1) is 6.26 Å². The lowest BCUT2D eigenvalue weighted by Gasteiger charge is -2.24. The Morgan fingerprint density at radius 3 is 2.39 bits per heavy atom. The van der Waals surface area contributed by atoms with Gasteiger partial charge < -0.3 is 24.5 Å². The summed E-state index contributed by atoms with van der Waals surface area (Å²) in [6.07, 6.45) is 3.69. The van der Waals surface area contributed by atoms with E-state index in [9.17, 15) is 18.2 Å². The normalized spacial score (nSPS) is 12.7. The standard InChI is InChI=1S/C27H29FN5O3S.C2H6.CH5N/c1-16(2)24(29-22-12-9-17(3)13-21(22)28)23-26(32(4)15-34)25(30-33(27(23)35)20-10-11-20)18-7-6-8-19(14-18)31-37(5)36;2*1-2/h6-9,12-15,20,29H,10-11H2,1-5H3;1-2H3;2H2,1H3/q-1;;. The monoisotopic (exact) mass is 583 g/mol. The van der Waals surface area contributed by atoms with Crippen molar-refractivity contribution in [3.63, 3.8) is 0 Å². The number of nitrogens with one attached hydrogen (secondary N) is 1.